The minimum atomic E-state index is -5.06. The second-order valence-corrected chi connectivity index (χ2v) is 11.9. The molecule has 16 nitrogen and oxygen atoms in total. The fourth-order valence-corrected chi connectivity index (χ4v) is 5.42. The second kappa shape index (κ2) is 10.2. The Morgan fingerprint density at radius 2 is 1.80 bits per heavy atom. The van der Waals surface area contributed by atoms with Crippen molar-refractivity contribution in [3.8, 4) is 11.8 Å². The van der Waals surface area contributed by atoms with Gasteiger partial charge in [0, 0.05) is 0 Å². The number of nitrogens with one attached hydrogen (secondary N) is 1. The average molecular weight is 653 g/mol. The Hall–Kier alpha value is -5.17. The molecule has 2 aromatic carbocycles. The minimum absolute atomic E-state index is 0.0704. The van der Waals surface area contributed by atoms with Gasteiger partial charge in [-0.05, 0) is 43.3 Å². The molecule has 0 aliphatic rings. The average Bonchev–Trinajstić information content (AvgIpc) is 3.53. The van der Waals surface area contributed by atoms with Crippen LogP contribution in [0.5, 0.6) is 0 Å². The van der Waals surface area contributed by atoms with Crippen LogP contribution >= 0.6 is 0 Å². The normalized spacial score (nSPS) is 12.8. The number of rotatable bonds is 7. The van der Waals surface area contributed by atoms with Crippen molar-refractivity contribution in [1.82, 2.24) is 24.4 Å². The van der Waals surface area contributed by atoms with Crippen LogP contribution in [0.3, 0.4) is 0 Å². The lowest BCUT2D eigenvalue weighted by Crippen LogP contribution is -2.09. The van der Waals surface area contributed by atoms with Crippen molar-refractivity contribution in [3.63, 3.8) is 0 Å². The molecule has 0 aliphatic carbocycles. The predicted molar refractivity (Wildman–Crippen MR) is 140 cm³/mol. The molecular formula is C23H15F3N8O8S2. The number of azo groups is 1. The van der Waals surface area contributed by atoms with Crippen LogP contribution in [0.15, 0.2) is 56.4 Å². The zero-order valence-corrected chi connectivity index (χ0v) is 23.3. The topological polar surface area (TPSA) is 245 Å². The molecule has 0 saturated heterocycles. The summed E-state index contributed by atoms with van der Waals surface area (Å²) in [6, 6.07) is 6.40. The first kappa shape index (κ1) is 30.3. The van der Waals surface area contributed by atoms with Crippen molar-refractivity contribution < 1.29 is 49.0 Å². The van der Waals surface area contributed by atoms with Crippen LogP contribution in [0.2, 0.25) is 0 Å². The number of carboxylic acids is 1. The van der Waals surface area contributed by atoms with Gasteiger partial charge in [-0.15, -0.1) is 10.2 Å². The minimum Gasteiger partial charge on any atom is -0.481 e. The van der Waals surface area contributed by atoms with Crippen LogP contribution < -0.4 is 0 Å². The lowest BCUT2D eigenvalue weighted by molar-refractivity contribution is -0.138. The molecule has 44 heavy (non-hydrogen) atoms. The Balaban J connectivity index is 1.77. The first-order valence-corrected chi connectivity index (χ1v) is 14.6. The highest BCUT2D eigenvalue weighted by Gasteiger charge is 2.32. The van der Waals surface area contributed by atoms with E-state index in [1.165, 1.54) is 6.92 Å². The Bertz CT molecular complexity index is 2310. The molecule has 5 rings (SSSR count). The summed E-state index contributed by atoms with van der Waals surface area (Å²) in [6.07, 6.45) is -5.43. The number of aryl methyl sites for hydroxylation is 1. The van der Waals surface area contributed by atoms with Crippen LogP contribution in [-0.2, 0) is 37.6 Å². The summed E-state index contributed by atoms with van der Waals surface area (Å²) in [7, 11) is -9.97. The van der Waals surface area contributed by atoms with E-state index < -0.39 is 65.7 Å². The number of carboxylic acid groups (broad SMARTS) is 1. The van der Waals surface area contributed by atoms with E-state index in [4.69, 9.17) is 0 Å². The first-order chi connectivity index (χ1) is 20.4. The van der Waals surface area contributed by atoms with Gasteiger partial charge in [-0.1, -0.05) is 0 Å². The number of halogens is 3. The van der Waals surface area contributed by atoms with Crippen LogP contribution in [0.25, 0.3) is 22.4 Å². The van der Waals surface area contributed by atoms with Gasteiger partial charge < -0.3 is 5.11 Å². The fourth-order valence-electron chi connectivity index (χ4n) is 4.27. The summed E-state index contributed by atoms with van der Waals surface area (Å²) in [5, 5.41) is 33.7. The molecule has 5 aromatic rings. The van der Waals surface area contributed by atoms with Crippen LogP contribution in [0, 0.1) is 18.3 Å². The number of alkyl halides is 3. The number of fused-ring (bicyclic) bond motifs is 3. The number of aromatic nitrogens is 5. The molecule has 21 heteroatoms. The Labute approximate surface area is 243 Å². The summed E-state index contributed by atoms with van der Waals surface area (Å²) < 4.78 is 109. The van der Waals surface area contributed by atoms with Crippen LogP contribution in [0.1, 0.15) is 22.5 Å². The van der Waals surface area contributed by atoms with Gasteiger partial charge in [-0.25, -0.2) is 14.2 Å². The molecule has 0 fully saturated rings. The van der Waals surface area contributed by atoms with Gasteiger partial charge in [0.15, 0.2) is 17.2 Å². The van der Waals surface area contributed by atoms with E-state index in [0.29, 0.717) is 22.9 Å². The molecule has 0 spiro atoms. The molecule has 0 radical (unpaired) electrons. The fraction of sp³-hybridized carbons (Fsp3) is 0.130. The highest BCUT2D eigenvalue weighted by molar-refractivity contribution is 7.86. The van der Waals surface area contributed by atoms with E-state index in [1.807, 2.05) is 0 Å². The van der Waals surface area contributed by atoms with Gasteiger partial charge >= 0.3 is 12.1 Å². The number of benzene rings is 2. The highest BCUT2D eigenvalue weighted by atomic mass is 32.2. The lowest BCUT2D eigenvalue weighted by atomic mass is 10.2. The molecule has 0 bridgehead atoms. The second-order valence-electron chi connectivity index (χ2n) is 9.07. The number of hydrogen-bond acceptors (Lipinski definition) is 10. The molecular weight excluding hydrogens is 637 g/mol. The summed E-state index contributed by atoms with van der Waals surface area (Å²) in [5.41, 5.74) is -2.70. The number of nitrogens with zero attached hydrogens (tertiary/aromatic N) is 7. The summed E-state index contributed by atoms with van der Waals surface area (Å²) >= 11 is 0. The SMILES string of the molecule is Cc1nn(-c2cc(S(=O)(=O)O)ccc2S(=O)(=O)O)c(N=Nc2c(CC(=O)O)[nH]n3c2nc2ccc(C(F)(F)F)cc23)c1C#N. The van der Waals surface area contributed by atoms with Crippen molar-refractivity contribution in [2.75, 3.05) is 0 Å². The molecule has 0 atom stereocenters. The van der Waals surface area contributed by atoms with E-state index >= 15 is 0 Å². The lowest BCUT2D eigenvalue weighted by Gasteiger charge is -2.10. The van der Waals surface area contributed by atoms with E-state index in [2.05, 4.69) is 25.4 Å². The zero-order valence-electron chi connectivity index (χ0n) is 21.6. The largest absolute Gasteiger partial charge is 0.481 e. The highest BCUT2D eigenvalue weighted by Crippen LogP contribution is 2.36. The molecule has 0 aliphatic heterocycles. The molecule has 0 saturated carbocycles. The van der Waals surface area contributed by atoms with Crippen molar-refractivity contribution in [3.05, 3.63) is 58.9 Å². The van der Waals surface area contributed by atoms with Crippen molar-refractivity contribution in [1.29, 1.82) is 5.26 Å². The first-order valence-electron chi connectivity index (χ1n) is 11.7. The summed E-state index contributed by atoms with van der Waals surface area (Å²) in [5.74, 6) is -1.90. The standard InChI is InChI=1S/C23H15F3N8O8S2/c1-10-13(9-27)21(34(31-10)17-7-12(43(37,38)39)3-5-18(17)44(40,41)42)30-29-20-15(8-19(35)36)32-33-16-6-11(23(24,25)26)2-4-14(16)28-22(20)33/h2-7,32H,8H2,1H3,(H,35,36)(H,37,38,39)(H,40,41,42). The van der Waals surface area contributed by atoms with Crippen LogP contribution in [-0.4, -0.2) is 61.4 Å². The Morgan fingerprint density at radius 3 is 2.39 bits per heavy atom. The third-order valence-electron chi connectivity index (χ3n) is 6.18. The number of nitriles is 1. The molecule has 3 heterocycles. The van der Waals surface area contributed by atoms with Crippen LogP contribution in [0.4, 0.5) is 24.7 Å². The number of H-pyrrole nitrogens is 1. The quantitative estimate of drug-likeness (QED) is 0.146. The van der Waals surface area contributed by atoms with Crippen molar-refractivity contribution in [2.45, 2.75) is 29.3 Å². The smallest absolute Gasteiger partial charge is 0.416 e. The number of hydrogen-bond donors (Lipinski definition) is 4. The molecule has 3 aromatic heterocycles. The predicted octanol–water partition coefficient (Wildman–Crippen LogP) is 3.74. The summed E-state index contributed by atoms with van der Waals surface area (Å²) in [4.78, 5) is 14.1. The Kier molecular flexibility index (Phi) is 7.04. The molecule has 4 N–H and O–H groups in total. The van der Waals surface area contributed by atoms with E-state index in [1.54, 1.807) is 6.07 Å². The maximum absolute atomic E-state index is 13.3. The molecule has 0 amide bonds. The monoisotopic (exact) mass is 652 g/mol. The van der Waals surface area contributed by atoms with Gasteiger partial charge in [0.05, 0.1) is 45.0 Å². The van der Waals surface area contributed by atoms with E-state index in [-0.39, 0.29) is 39.3 Å². The summed E-state index contributed by atoms with van der Waals surface area (Å²) in [6.45, 7) is 1.30. The molecule has 228 valence electrons. The van der Waals surface area contributed by atoms with Crippen molar-refractivity contribution >= 4 is 54.4 Å². The zero-order chi connectivity index (χ0) is 32.4. The van der Waals surface area contributed by atoms with E-state index in [9.17, 15) is 54.3 Å². The van der Waals surface area contributed by atoms with Gasteiger partial charge in [-0.3, -0.25) is 19.0 Å². The van der Waals surface area contributed by atoms with E-state index in [0.717, 1.165) is 22.7 Å². The van der Waals surface area contributed by atoms with Gasteiger partial charge in [-0.2, -0.15) is 40.4 Å². The maximum atomic E-state index is 13.3. The number of imidazole rings is 1. The third kappa shape index (κ3) is 5.37. The third-order valence-corrected chi connectivity index (χ3v) is 7.93. The van der Waals surface area contributed by atoms with Gasteiger partial charge in [0.2, 0.25) is 0 Å². The van der Waals surface area contributed by atoms with Gasteiger partial charge in [0.1, 0.15) is 16.5 Å². The van der Waals surface area contributed by atoms with Gasteiger partial charge in [0.25, 0.3) is 20.2 Å². The maximum Gasteiger partial charge on any atom is 0.416 e. The Morgan fingerprint density at radius 1 is 1.09 bits per heavy atom. The number of carbonyl (C=O) groups is 1. The molecule has 0 unspecified atom stereocenters. The number of aromatic amines is 1. The number of aliphatic carboxylic acids is 1. The van der Waals surface area contributed by atoms with Crippen molar-refractivity contribution in [2.24, 2.45) is 10.2 Å².